The molecule has 0 heterocycles. The van der Waals surface area contributed by atoms with Crippen LogP contribution in [0.4, 0.5) is 0 Å². The lowest BCUT2D eigenvalue weighted by Gasteiger charge is -2.17. The van der Waals surface area contributed by atoms with Gasteiger partial charge in [0, 0.05) is 5.56 Å². The van der Waals surface area contributed by atoms with Gasteiger partial charge in [0.2, 0.25) is 0 Å². The molecule has 0 atom stereocenters. The highest BCUT2D eigenvalue weighted by Gasteiger charge is 2.17. The van der Waals surface area contributed by atoms with E-state index in [4.69, 9.17) is 9.57 Å². The van der Waals surface area contributed by atoms with Gasteiger partial charge in [-0.15, -0.1) is 0 Å². The molecule has 0 fully saturated rings. The van der Waals surface area contributed by atoms with Crippen molar-refractivity contribution < 1.29 is 14.4 Å². The van der Waals surface area contributed by atoms with E-state index in [9.17, 15) is 4.79 Å². The maximum absolute atomic E-state index is 12.1. The van der Waals surface area contributed by atoms with E-state index >= 15 is 0 Å². The first kappa shape index (κ1) is 15.3. The average Bonchev–Trinajstić information content (AvgIpc) is 2.59. The van der Waals surface area contributed by atoms with Gasteiger partial charge < -0.3 is 9.57 Å². The number of methoxy groups -OCH3 is 1. The number of hydrogen-bond acceptors (Lipinski definition) is 4. The summed E-state index contributed by atoms with van der Waals surface area (Å²) in [6.45, 7) is 1.97. The maximum atomic E-state index is 12.1. The van der Waals surface area contributed by atoms with E-state index in [0.717, 1.165) is 41.9 Å². The third-order valence-corrected chi connectivity index (χ3v) is 4.01. The summed E-state index contributed by atoms with van der Waals surface area (Å²) in [4.78, 5) is 17.2. The van der Waals surface area contributed by atoms with Gasteiger partial charge in [-0.2, -0.15) is 0 Å². The molecule has 23 heavy (non-hydrogen) atoms. The molecular formula is C19H19NO3. The van der Waals surface area contributed by atoms with Crippen LogP contribution in [0.5, 0.6) is 5.75 Å². The van der Waals surface area contributed by atoms with Gasteiger partial charge in [0.05, 0.1) is 18.4 Å². The lowest BCUT2D eigenvalue weighted by Crippen LogP contribution is -2.13. The number of nitrogens with zero attached hydrogens (tertiary/aromatic N) is 1. The molecular weight excluding hydrogens is 290 g/mol. The van der Waals surface area contributed by atoms with Crippen molar-refractivity contribution in [1.29, 1.82) is 0 Å². The van der Waals surface area contributed by atoms with Crippen LogP contribution < -0.4 is 4.74 Å². The van der Waals surface area contributed by atoms with Crippen molar-refractivity contribution in [2.75, 3.05) is 7.11 Å². The van der Waals surface area contributed by atoms with Gasteiger partial charge in [-0.05, 0) is 62.1 Å². The highest BCUT2D eigenvalue weighted by atomic mass is 16.7. The zero-order chi connectivity index (χ0) is 16.2. The SMILES string of the molecule is COc1ccc2c(c1)CCC/C2=N\OC(=O)c1ccc(C)cc1. The van der Waals surface area contributed by atoms with Crippen LogP contribution in [0.1, 0.15) is 39.9 Å². The summed E-state index contributed by atoms with van der Waals surface area (Å²) in [6, 6.07) is 13.2. The smallest absolute Gasteiger partial charge is 0.365 e. The van der Waals surface area contributed by atoms with Crippen LogP contribution in [0.3, 0.4) is 0 Å². The summed E-state index contributed by atoms with van der Waals surface area (Å²) in [6.07, 6.45) is 2.78. The van der Waals surface area contributed by atoms with Crippen molar-refractivity contribution in [3.8, 4) is 5.75 Å². The minimum absolute atomic E-state index is 0.432. The Balaban J connectivity index is 1.79. The molecule has 0 saturated heterocycles. The molecule has 4 nitrogen and oxygen atoms in total. The van der Waals surface area contributed by atoms with E-state index in [1.165, 1.54) is 5.56 Å². The largest absolute Gasteiger partial charge is 0.497 e. The van der Waals surface area contributed by atoms with Crippen molar-refractivity contribution in [3.63, 3.8) is 0 Å². The van der Waals surface area contributed by atoms with Gasteiger partial charge in [-0.25, -0.2) is 4.79 Å². The number of carbonyl (C=O) groups is 1. The Morgan fingerprint density at radius 2 is 1.87 bits per heavy atom. The summed E-state index contributed by atoms with van der Waals surface area (Å²) < 4.78 is 5.26. The molecule has 0 aliphatic heterocycles. The molecule has 0 N–H and O–H groups in total. The fourth-order valence-corrected chi connectivity index (χ4v) is 2.70. The van der Waals surface area contributed by atoms with E-state index in [-0.39, 0.29) is 0 Å². The zero-order valence-electron chi connectivity index (χ0n) is 13.3. The lowest BCUT2D eigenvalue weighted by atomic mass is 9.90. The predicted molar refractivity (Wildman–Crippen MR) is 89.1 cm³/mol. The monoisotopic (exact) mass is 309 g/mol. The maximum Gasteiger partial charge on any atom is 0.365 e. The first-order valence-electron chi connectivity index (χ1n) is 7.69. The molecule has 4 heteroatoms. The minimum Gasteiger partial charge on any atom is -0.497 e. The Morgan fingerprint density at radius 1 is 1.09 bits per heavy atom. The number of rotatable bonds is 3. The molecule has 2 aromatic carbocycles. The molecule has 118 valence electrons. The minimum atomic E-state index is -0.432. The van der Waals surface area contributed by atoms with Crippen molar-refractivity contribution >= 4 is 11.7 Å². The standard InChI is InChI=1S/C19H19NO3/c1-13-6-8-14(9-7-13)19(21)23-20-18-5-3-4-15-12-16(22-2)10-11-17(15)18/h6-12H,3-5H2,1-2H3/b20-18+. The normalized spacial score (nSPS) is 15.1. The second-order valence-electron chi connectivity index (χ2n) is 5.66. The number of carbonyl (C=O) groups excluding carboxylic acids is 1. The second-order valence-corrected chi connectivity index (χ2v) is 5.66. The Labute approximate surface area is 135 Å². The Bertz CT molecular complexity index is 748. The molecule has 0 saturated carbocycles. The summed E-state index contributed by atoms with van der Waals surface area (Å²) >= 11 is 0. The molecule has 0 radical (unpaired) electrons. The van der Waals surface area contributed by atoms with Crippen molar-refractivity contribution in [2.24, 2.45) is 5.16 Å². The molecule has 1 aliphatic carbocycles. The first-order chi connectivity index (χ1) is 11.2. The molecule has 1 aliphatic rings. The van der Waals surface area contributed by atoms with E-state index in [0.29, 0.717) is 5.56 Å². The number of aryl methyl sites for hydroxylation is 2. The highest BCUT2D eigenvalue weighted by Crippen LogP contribution is 2.26. The topological polar surface area (TPSA) is 47.9 Å². The molecule has 0 unspecified atom stereocenters. The molecule has 0 bridgehead atoms. The number of fused-ring (bicyclic) bond motifs is 1. The van der Waals surface area contributed by atoms with E-state index in [1.807, 2.05) is 37.3 Å². The molecule has 2 aromatic rings. The lowest BCUT2D eigenvalue weighted by molar-refractivity contribution is 0.0515. The fraction of sp³-hybridized carbons (Fsp3) is 0.263. The molecule has 0 aromatic heterocycles. The Morgan fingerprint density at radius 3 is 2.61 bits per heavy atom. The first-order valence-corrected chi connectivity index (χ1v) is 7.69. The van der Waals surface area contributed by atoms with E-state index < -0.39 is 5.97 Å². The van der Waals surface area contributed by atoms with Crippen LogP contribution in [0.25, 0.3) is 0 Å². The highest BCUT2D eigenvalue weighted by molar-refractivity contribution is 6.03. The van der Waals surface area contributed by atoms with Gasteiger partial charge in [0.15, 0.2) is 0 Å². The summed E-state index contributed by atoms with van der Waals surface area (Å²) in [5.74, 6) is 0.403. The molecule has 0 spiro atoms. The van der Waals surface area contributed by atoms with Crippen LogP contribution in [0.15, 0.2) is 47.6 Å². The molecule has 0 amide bonds. The number of ether oxygens (including phenoxy) is 1. The number of hydrogen-bond donors (Lipinski definition) is 0. The van der Waals surface area contributed by atoms with E-state index in [2.05, 4.69) is 5.16 Å². The third kappa shape index (κ3) is 3.42. The Kier molecular flexibility index (Phi) is 4.42. The van der Waals surface area contributed by atoms with Crippen LogP contribution in [0, 0.1) is 6.92 Å². The van der Waals surface area contributed by atoms with Crippen LogP contribution in [-0.2, 0) is 11.3 Å². The van der Waals surface area contributed by atoms with Crippen LogP contribution in [0.2, 0.25) is 0 Å². The van der Waals surface area contributed by atoms with Gasteiger partial charge in [-0.3, -0.25) is 0 Å². The summed E-state index contributed by atoms with van der Waals surface area (Å²) in [5, 5.41) is 4.11. The van der Waals surface area contributed by atoms with Crippen molar-refractivity contribution in [2.45, 2.75) is 26.2 Å². The summed E-state index contributed by atoms with van der Waals surface area (Å²) in [5.41, 5.74) is 4.64. The Hall–Kier alpha value is -2.62. The van der Waals surface area contributed by atoms with Crippen LogP contribution in [-0.4, -0.2) is 18.8 Å². The van der Waals surface area contributed by atoms with E-state index in [1.54, 1.807) is 19.2 Å². The van der Waals surface area contributed by atoms with Crippen molar-refractivity contribution in [3.05, 3.63) is 64.7 Å². The number of oxime groups is 1. The zero-order valence-corrected chi connectivity index (χ0v) is 13.3. The van der Waals surface area contributed by atoms with Gasteiger partial charge in [-0.1, -0.05) is 22.9 Å². The molecule has 3 rings (SSSR count). The fourth-order valence-electron chi connectivity index (χ4n) is 2.70. The summed E-state index contributed by atoms with van der Waals surface area (Å²) in [7, 11) is 1.66. The second kappa shape index (κ2) is 6.65. The number of benzene rings is 2. The van der Waals surface area contributed by atoms with Crippen LogP contribution >= 0.6 is 0 Å². The quantitative estimate of drug-likeness (QED) is 0.638. The van der Waals surface area contributed by atoms with Gasteiger partial charge in [0.25, 0.3) is 0 Å². The van der Waals surface area contributed by atoms with Gasteiger partial charge in [0.1, 0.15) is 5.75 Å². The average molecular weight is 309 g/mol. The van der Waals surface area contributed by atoms with Crippen molar-refractivity contribution in [1.82, 2.24) is 0 Å². The third-order valence-electron chi connectivity index (χ3n) is 4.01. The predicted octanol–water partition coefficient (Wildman–Crippen LogP) is 3.90. The van der Waals surface area contributed by atoms with Gasteiger partial charge >= 0.3 is 5.97 Å².